The molecule has 180 valence electrons. The number of nitrogens with zero attached hydrogens (tertiary/aromatic N) is 2. The van der Waals surface area contributed by atoms with Crippen LogP contribution in [0.4, 0.5) is 20.6 Å². The van der Waals surface area contributed by atoms with E-state index < -0.39 is 18.5 Å². The number of Topliss-reactive ketones (excluding diaryl/α,β-unsaturated/α-hetero) is 1. The van der Waals surface area contributed by atoms with Gasteiger partial charge in [0, 0.05) is 41.5 Å². The predicted molar refractivity (Wildman–Crippen MR) is 132 cm³/mol. The molecule has 0 spiro atoms. The summed E-state index contributed by atoms with van der Waals surface area (Å²) in [7, 11) is 0. The Kier molecular flexibility index (Phi) is 7.95. The second-order valence-electron chi connectivity index (χ2n) is 8.04. The molecule has 2 aliphatic rings. The standard InChI is InChI=1S/C24H25ClFN3O4S/c25-17-7-5-16(6-8-17)21(30)9-10-23(31)27-13-18-14-29(24(32)33-18)20-4-2-1-3-19(20)28-11-12-34-15-22(28)26/h1-8,18,22H,9-15H2,(H,27,31)/t18?,22-/m1/s1. The van der Waals surface area contributed by atoms with Crippen molar-refractivity contribution in [1.82, 2.24) is 5.32 Å². The number of carbonyl (C=O) groups is 3. The molecule has 2 atom stereocenters. The highest BCUT2D eigenvalue weighted by molar-refractivity contribution is 7.99. The number of rotatable bonds is 8. The van der Waals surface area contributed by atoms with Gasteiger partial charge in [-0.25, -0.2) is 9.18 Å². The minimum absolute atomic E-state index is 0.0273. The van der Waals surface area contributed by atoms with Gasteiger partial charge in [0.1, 0.15) is 6.10 Å². The van der Waals surface area contributed by atoms with Crippen molar-refractivity contribution < 1.29 is 23.5 Å². The van der Waals surface area contributed by atoms with Gasteiger partial charge in [-0.1, -0.05) is 23.7 Å². The number of halogens is 2. The van der Waals surface area contributed by atoms with Crippen molar-refractivity contribution in [2.24, 2.45) is 0 Å². The molecule has 10 heteroatoms. The Hall–Kier alpha value is -2.78. The molecule has 0 saturated carbocycles. The largest absolute Gasteiger partial charge is 0.442 e. The molecule has 0 aliphatic carbocycles. The Morgan fingerprint density at radius 2 is 1.85 bits per heavy atom. The molecule has 34 heavy (non-hydrogen) atoms. The highest BCUT2D eigenvalue weighted by Gasteiger charge is 2.35. The van der Waals surface area contributed by atoms with E-state index in [0.717, 1.165) is 5.75 Å². The van der Waals surface area contributed by atoms with Gasteiger partial charge in [-0.2, -0.15) is 11.8 Å². The minimum Gasteiger partial charge on any atom is -0.442 e. The Labute approximate surface area is 206 Å². The van der Waals surface area contributed by atoms with Crippen LogP contribution in [0.1, 0.15) is 23.2 Å². The van der Waals surface area contributed by atoms with Gasteiger partial charge in [0.05, 0.1) is 24.5 Å². The van der Waals surface area contributed by atoms with Gasteiger partial charge in [-0.05, 0) is 36.4 Å². The van der Waals surface area contributed by atoms with E-state index in [1.165, 1.54) is 4.90 Å². The topological polar surface area (TPSA) is 79.0 Å². The lowest BCUT2D eigenvalue weighted by atomic mass is 10.1. The Morgan fingerprint density at radius 1 is 1.12 bits per heavy atom. The average molecular weight is 506 g/mol. The van der Waals surface area contributed by atoms with Crippen molar-refractivity contribution in [3.63, 3.8) is 0 Å². The summed E-state index contributed by atoms with van der Waals surface area (Å²) in [5, 5.41) is 3.27. The van der Waals surface area contributed by atoms with E-state index in [-0.39, 0.29) is 37.6 Å². The summed E-state index contributed by atoms with van der Waals surface area (Å²) in [6.45, 7) is 0.920. The Balaban J connectivity index is 1.30. The van der Waals surface area contributed by atoms with Crippen LogP contribution in [0.5, 0.6) is 0 Å². The first-order chi connectivity index (χ1) is 16.4. The van der Waals surface area contributed by atoms with Gasteiger partial charge in [-0.15, -0.1) is 0 Å². The van der Waals surface area contributed by atoms with Crippen LogP contribution in [-0.2, 0) is 9.53 Å². The van der Waals surface area contributed by atoms with Crippen LogP contribution < -0.4 is 15.1 Å². The van der Waals surface area contributed by atoms with Crippen molar-refractivity contribution in [3.05, 3.63) is 59.1 Å². The molecule has 2 saturated heterocycles. The number of anilines is 2. The first-order valence-corrected chi connectivity index (χ1v) is 12.6. The van der Waals surface area contributed by atoms with E-state index in [1.807, 2.05) is 6.07 Å². The molecule has 1 unspecified atom stereocenters. The number of benzene rings is 2. The number of hydrogen-bond donors (Lipinski definition) is 1. The molecule has 2 aliphatic heterocycles. The number of ketones is 1. The maximum Gasteiger partial charge on any atom is 0.414 e. The molecule has 1 N–H and O–H groups in total. The molecule has 2 aromatic carbocycles. The van der Waals surface area contributed by atoms with Crippen molar-refractivity contribution >= 4 is 52.5 Å². The maximum absolute atomic E-state index is 14.5. The van der Waals surface area contributed by atoms with E-state index in [9.17, 15) is 18.8 Å². The van der Waals surface area contributed by atoms with Crippen LogP contribution in [-0.4, -0.2) is 61.3 Å². The van der Waals surface area contributed by atoms with E-state index in [1.54, 1.807) is 59.1 Å². The normalized spacial score (nSPS) is 20.2. The van der Waals surface area contributed by atoms with Gasteiger partial charge in [-0.3, -0.25) is 14.5 Å². The second-order valence-corrected chi connectivity index (χ2v) is 9.63. The SMILES string of the molecule is O=C(CCC(=O)c1ccc(Cl)cc1)NCC1CN(c2ccccc2N2CCSC[C@@H]2F)C(=O)O1. The summed E-state index contributed by atoms with van der Waals surface area (Å²) < 4.78 is 20.0. The molecule has 0 bridgehead atoms. The molecule has 2 fully saturated rings. The van der Waals surface area contributed by atoms with Crippen molar-refractivity contribution in [3.8, 4) is 0 Å². The highest BCUT2D eigenvalue weighted by atomic mass is 35.5. The number of cyclic esters (lactones) is 1. The number of ether oxygens (including phenoxy) is 1. The number of alkyl halides is 1. The van der Waals surface area contributed by atoms with Gasteiger partial charge in [0.25, 0.3) is 0 Å². The van der Waals surface area contributed by atoms with Gasteiger partial charge < -0.3 is 15.0 Å². The number of amides is 2. The van der Waals surface area contributed by atoms with Crippen LogP contribution in [0, 0.1) is 0 Å². The third-order valence-electron chi connectivity index (χ3n) is 5.70. The monoisotopic (exact) mass is 505 g/mol. The fraction of sp³-hybridized carbons (Fsp3) is 0.375. The van der Waals surface area contributed by atoms with Crippen LogP contribution in [0.3, 0.4) is 0 Å². The summed E-state index contributed by atoms with van der Waals surface area (Å²) in [6.07, 6.45) is -2.11. The Morgan fingerprint density at radius 3 is 2.59 bits per heavy atom. The summed E-state index contributed by atoms with van der Waals surface area (Å²) in [6, 6.07) is 13.7. The Bertz CT molecular complexity index is 1050. The van der Waals surface area contributed by atoms with Gasteiger partial charge in [0.15, 0.2) is 12.1 Å². The number of hydrogen-bond acceptors (Lipinski definition) is 6. The smallest absolute Gasteiger partial charge is 0.414 e. The molecule has 2 heterocycles. The van der Waals surface area contributed by atoms with Crippen LogP contribution in [0.25, 0.3) is 0 Å². The van der Waals surface area contributed by atoms with Crippen molar-refractivity contribution in [1.29, 1.82) is 0 Å². The zero-order valence-corrected chi connectivity index (χ0v) is 20.0. The highest BCUT2D eigenvalue weighted by Crippen LogP contribution is 2.35. The lowest BCUT2D eigenvalue weighted by Gasteiger charge is -2.34. The van der Waals surface area contributed by atoms with Crippen molar-refractivity contribution in [2.45, 2.75) is 25.2 Å². The number of thioether (sulfide) groups is 1. The zero-order valence-electron chi connectivity index (χ0n) is 18.4. The van der Waals surface area contributed by atoms with E-state index >= 15 is 0 Å². The third kappa shape index (κ3) is 5.82. The van der Waals surface area contributed by atoms with Gasteiger partial charge >= 0.3 is 6.09 Å². The average Bonchev–Trinajstić information content (AvgIpc) is 3.22. The van der Waals surface area contributed by atoms with E-state index in [0.29, 0.717) is 34.3 Å². The number of carbonyl (C=O) groups excluding carboxylic acids is 3. The second kappa shape index (κ2) is 11.1. The molecular weight excluding hydrogens is 481 g/mol. The summed E-state index contributed by atoms with van der Waals surface area (Å²) >= 11 is 7.39. The minimum atomic E-state index is -1.12. The van der Waals surface area contributed by atoms with Crippen LogP contribution in [0.2, 0.25) is 5.02 Å². The van der Waals surface area contributed by atoms with Crippen LogP contribution in [0.15, 0.2) is 48.5 Å². The lowest BCUT2D eigenvalue weighted by Crippen LogP contribution is -2.41. The fourth-order valence-corrected chi connectivity index (χ4v) is 4.92. The first-order valence-electron chi connectivity index (χ1n) is 11.0. The van der Waals surface area contributed by atoms with E-state index in [4.69, 9.17) is 16.3 Å². The molecular formula is C24H25ClFN3O4S. The quantitative estimate of drug-likeness (QED) is 0.426. The first kappa shape index (κ1) is 24.3. The summed E-state index contributed by atoms with van der Waals surface area (Å²) in [4.78, 5) is 40.2. The predicted octanol–water partition coefficient (Wildman–Crippen LogP) is 4.29. The third-order valence-corrected chi connectivity index (χ3v) is 6.93. The molecule has 2 aromatic rings. The summed E-state index contributed by atoms with van der Waals surface area (Å²) in [5.74, 6) is 0.745. The summed E-state index contributed by atoms with van der Waals surface area (Å²) in [5.41, 5.74) is 1.74. The van der Waals surface area contributed by atoms with Gasteiger partial charge in [0.2, 0.25) is 5.91 Å². The van der Waals surface area contributed by atoms with E-state index in [2.05, 4.69) is 5.32 Å². The van der Waals surface area contributed by atoms with Crippen LogP contribution >= 0.6 is 23.4 Å². The lowest BCUT2D eigenvalue weighted by molar-refractivity contribution is -0.121. The maximum atomic E-state index is 14.5. The number of nitrogens with one attached hydrogen (secondary N) is 1. The van der Waals surface area contributed by atoms with Crippen molar-refractivity contribution in [2.75, 3.05) is 40.9 Å². The molecule has 7 nitrogen and oxygen atoms in total. The fourth-order valence-electron chi connectivity index (χ4n) is 3.93. The molecule has 0 aromatic heterocycles. The zero-order chi connectivity index (χ0) is 24.1. The molecule has 0 radical (unpaired) electrons. The molecule has 2 amide bonds. The molecule has 4 rings (SSSR count). The number of para-hydroxylation sites is 2.